The van der Waals surface area contributed by atoms with Gasteiger partial charge in [0.05, 0.1) is 6.54 Å². The zero-order valence-corrected chi connectivity index (χ0v) is 16.3. The van der Waals surface area contributed by atoms with Crippen LogP contribution in [-0.4, -0.2) is 19.2 Å². The lowest BCUT2D eigenvalue weighted by molar-refractivity contribution is 0.202. The zero-order chi connectivity index (χ0) is 18.9. The quantitative estimate of drug-likeness (QED) is 0.467. The van der Waals surface area contributed by atoms with E-state index in [2.05, 4.69) is 104 Å². The van der Waals surface area contributed by atoms with Gasteiger partial charge in [-0.15, -0.1) is 0 Å². The highest BCUT2D eigenvalue weighted by atomic mass is 16.5. The Labute approximate surface area is 163 Å². The third kappa shape index (κ3) is 5.62. The lowest BCUT2D eigenvalue weighted by atomic mass is 10.1. The van der Waals surface area contributed by atoms with Gasteiger partial charge < -0.3 is 9.64 Å². The minimum atomic E-state index is 0.171. The molecule has 1 unspecified atom stereocenters. The number of anilines is 1. The summed E-state index contributed by atoms with van der Waals surface area (Å²) in [6, 6.07) is 29.7. The molecular formula is C25H29NO. The molecule has 0 aliphatic carbocycles. The normalized spacial score (nSPS) is 11.8. The highest BCUT2D eigenvalue weighted by Gasteiger charge is 2.14. The van der Waals surface area contributed by atoms with E-state index in [-0.39, 0.29) is 6.10 Å². The van der Waals surface area contributed by atoms with E-state index in [1.807, 2.05) is 0 Å². The SMILES string of the molecule is CCC(CN(CC)c1ccccc1)Oc1ccc(Cc2ccccc2)cc1. The van der Waals surface area contributed by atoms with E-state index < -0.39 is 0 Å². The number of ether oxygens (including phenoxy) is 1. The van der Waals surface area contributed by atoms with Gasteiger partial charge in [0, 0.05) is 12.2 Å². The summed E-state index contributed by atoms with van der Waals surface area (Å²) in [6.07, 6.45) is 2.11. The number of likely N-dealkylation sites (N-methyl/N-ethyl adjacent to an activating group) is 1. The number of nitrogens with zero attached hydrogens (tertiary/aromatic N) is 1. The fourth-order valence-corrected chi connectivity index (χ4v) is 3.26. The molecule has 0 saturated carbocycles. The van der Waals surface area contributed by atoms with Gasteiger partial charge in [-0.05, 0) is 55.2 Å². The van der Waals surface area contributed by atoms with Crippen molar-refractivity contribution in [1.82, 2.24) is 0 Å². The minimum Gasteiger partial charge on any atom is -0.489 e. The first-order chi connectivity index (χ1) is 13.3. The summed E-state index contributed by atoms with van der Waals surface area (Å²) in [5.74, 6) is 0.947. The summed E-state index contributed by atoms with van der Waals surface area (Å²) >= 11 is 0. The van der Waals surface area contributed by atoms with Crippen molar-refractivity contribution < 1.29 is 4.74 Å². The molecule has 2 nitrogen and oxygen atoms in total. The molecule has 0 aromatic heterocycles. The average molecular weight is 360 g/mol. The fourth-order valence-electron chi connectivity index (χ4n) is 3.26. The predicted octanol–water partition coefficient (Wildman–Crippen LogP) is 5.96. The van der Waals surface area contributed by atoms with Gasteiger partial charge in [-0.3, -0.25) is 0 Å². The lowest BCUT2D eigenvalue weighted by Crippen LogP contribution is -2.35. The molecule has 0 heterocycles. The molecule has 0 saturated heterocycles. The first kappa shape index (κ1) is 19.0. The Balaban J connectivity index is 1.60. The molecule has 0 fully saturated rings. The summed E-state index contributed by atoms with van der Waals surface area (Å²) in [5.41, 5.74) is 3.89. The van der Waals surface area contributed by atoms with Crippen LogP contribution in [0.15, 0.2) is 84.9 Å². The summed E-state index contributed by atoms with van der Waals surface area (Å²) in [6.45, 7) is 6.24. The average Bonchev–Trinajstić information content (AvgIpc) is 2.73. The van der Waals surface area contributed by atoms with Crippen molar-refractivity contribution in [2.45, 2.75) is 32.8 Å². The van der Waals surface area contributed by atoms with E-state index in [1.165, 1.54) is 16.8 Å². The Kier molecular flexibility index (Phi) is 6.92. The number of hydrogen-bond donors (Lipinski definition) is 0. The first-order valence-corrected chi connectivity index (χ1v) is 9.88. The lowest BCUT2D eigenvalue weighted by Gasteiger charge is -2.28. The van der Waals surface area contributed by atoms with Crippen LogP contribution in [-0.2, 0) is 6.42 Å². The zero-order valence-electron chi connectivity index (χ0n) is 16.3. The Hall–Kier alpha value is -2.74. The van der Waals surface area contributed by atoms with E-state index in [4.69, 9.17) is 4.74 Å². The smallest absolute Gasteiger partial charge is 0.119 e. The van der Waals surface area contributed by atoms with Gasteiger partial charge in [0.15, 0.2) is 0 Å². The standard InChI is InChI=1S/C25H29NO/c1-3-24(20-26(4-2)23-13-9-6-10-14-23)27-25-17-15-22(16-18-25)19-21-11-7-5-8-12-21/h5-18,24H,3-4,19-20H2,1-2H3. The third-order valence-corrected chi connectivity index (χ3v) is 4.86. The van der Waals surface area contributed by atoms with Crippen molar-refractivity contribution >= 4 is 5.69 Å². The van der Waals surface area contributed by atoms with Crippen LogP contribution in [0.1, 0.15) is 31.4 Å². The van der Waals surface area contributed by atoms with Crippen LogP contribution in [0.4, 0.5) is 5.69 Å². The Morgan fingerprint density at radius 2 is 1.33 bits per heavy atom. The largest absolute Gasteiger partial charge is 0.489 e. The van der Waals surface area contributed by atoms with Gasteiger partial charge >= 0.3 is 0 Å². The van der Waals surface area contributed by atoms with Gasteiger partial charge in [-0.2, -0.15) is 0 Å². The predicted molar refractivity (Wildman–Crippen MR) is 115 cm³/mol. The van der Waals surface area contributed by atoms with E-state index in [1.54, 1.807) is 0 Å². The van der Waals surface area contributed by atoms with Gasteiger partial charge in [0.1, 0.15) is 11.9 Å². The number of hydrogen-bond acceptors (Lipinski definition) is 2. The van der Waals surface area contributed by atoms with Crippen molar-refractivity contribution in [3.63, 3.8) is 0 Å². The molecule has 0 radical (unpaired) electrons. The van der Waals surface area contributed by atoms with Crippen molar-refractivity contribution in [3.05, 3.63) is 96.1 Å². The van der Waals surface area contributed by atoms with Crippen LogP contribution >= 0.6 is 0 Å². The van der Waals surface area contributed by atoms with E-state index >= 15 is 0 Å². The fraction of sp³-hybridized carbons (Fsp3) is 0.280. The van der Waals surface area contributed by atoms with Crippen molar-refractivity contribution in [1.29, 1.82) is 0 Å². The molecule has 1 atom stereocenters. The molecule has 140 valence electrons. The Morgan fingerprint density at radius 1 is 0.741 bits per heavy atom. The molecular weight excluding hydrogens is 330 g/mol. The monoisotopic (exact) mass is 359 g/mol. The van der Waals surface area contributed by atoms with Crippen LogP contribution in [0.5, 0.6) is 5.75 Å². The second-order valence-corrected chi connectivity index (χ2v) is 6.83. The van der Waals surface area contributed by atoms with Crippen molar-refractivity contribution in [2.75, 3.05) is 18.0 Å². The molecule has 0 bridgehead atoms. The summed E-state index contributed by atoms with van der Waals surface area (Å²) < 4.78 is 6.28. The molecule has 0 spiro atoms. The molecule has 0 N–H and O–H groups in total. The molecule has 3 aromatic rings. The van der Waals surface area contributed by atoms with E-state index in [0.29, 0.717) is 0 Å². The van der Waals surface area contributed by atoms with Crippen LogP contribution in [0.2, 0.25) is 0 Å². The third-order valence-electron chi connectivity index (χ3n) is 4.86. The summed E-state index contributed by atoms with van der Waals surface area (Å²) in [5, 5.41) is 0. The van der Waals surface area contributed by atoms with Gasteiger partial charge in [-0.1, -0.05) is 67.6 Å². The highest BCUT2D eigenvalue weighted by molar-refractivity contribution is 5.46. The second-order valence-electron chi connectivity index (χ2n) is 6.83. The van der Waals surface area contributed by atoms with Gasteiger partial charge in [0.2, 0.25) is 0 Å². The first-order valence-electron chi connectivity index (χ1n) is 9.88. The van der Waals surface area contributed by atoms with E-state index in [9.17, 15) is 0 Å². The highest BCUT2D eigenvalue weighted by Crippen LogP contribution is 2.19. The number of para-hydroxylation sites is 1. The van der Waals surface area contributed by atoms with Gasteiger partial charge in [-0.25, -0.2) is 0 Å². The molecule has 27 heavy (non-hydrogen) atoms. The van der Waals surface area contributed by atoms with Crippen LogP contribution in [0.3, 0.4) is 0 Å². The van der Waals surface area contributed by atoms with Crippen LogP contribution in [0, 0.1) is 0 Å². The van der Waals surface area contributed by atoms with Crippen molar-refractivity contribution in [2.24, 2.45) is 0 Å². The topological polar surface area (TPSA) is 12.5 Å². The number of rotatable bonds is 9. The van der Waals surface area contributed by atoms with Crippen LogP contribution < -0.4 is 9.64 Å². The maximum atomic E-state index is 6.28. The second kappa shape index (κ2) is 9.82. The molecule has 2 heteroatoms. The molecule has 0 aliphatic rings. The van der Waals surface area contributed by atoms with Gasteiger partial charge in [0.25, 0.3) is 0 Å². The van der Waals surface area contributed by atoms with E-state index in [0.717, 1.165) is 31.7 Å². The minimum absolute atomic E-state index is 0.171. The number of benzene rings is 3. The Bertz CT molecular complexity index is 784. The summed E-state index contributed by atoms with van der Waals surface area (Å²) in [7, 11) is 0. The molecule has 0 aliphatic heterocycles. The van der Waals surface area contributed by atoms with Crippen molar-refractivity contribution in [3.8, 4) is 5.75 Å². The maximum Gasteiger partial charge on any atom is 0.119 e. The molecule has 3 aromatic carbocycles. The maximum absolute atomic E-state index is 6.28. The van der Waals surface area contributed by atoms with Crippen LogP contribution in [0.25, 0.3) is 0 Å². The Morgan fingerprint density at radius 3 is 1.93 bits per heavy atom. The molecule has 3 rings (SSSR count). The summed E-state index contributed by atoms with van der Waals surface area (Å²) in [4.78, 5) is 2.37. The molecule has 0 amide bonds.